The second-order valence-corrected chi connectivity index (χ2v) is 13.3. The summed E-state index contributed by atoms with van der Waals surface area (Å²) in [6, 6.07) is 38.0. The zero-order valence-electron chi connectivity index (χ0n) is 31.1. The van der Waals surface area contributed by atoms with Crippen LogP contribution in [-0.2, 0) is 12.8 Å². The van der Waals surface area contributed by atoms with Crippen LogP contribution in [0, 0.1) is 24.8 Å². The van der Waals surface area contributed by atoms with Gasteiger partial charge in [0.15, 0.2) is 11.4 Å². The van der Waals surface area contributed by atoms with E-state index in [-0.39, 0.29) is 24.7 Å². The van der Waals surface area contributed by atoms with Gasteiger partial charge in [0.1, 0.15) is 34.6 Å². The first-order valence-corrected chi connectivity index (χ1v) is 18.3. The number of fused-ring (bicyclic) bond motifs is 2. The van der Waals surface area contributed by atoms with E-state index in [1.54, 1.807) is 36.4 Å². The van der Waals surface area contributed by atoms with E-state index in [1.165, 1.54) is 24.3 Å². The van der Waals surface area contributed by atoms with Crippen molar-refractivity contribution in [2.45, 2.75) is 18.9 Å². The number of rotatable bonds is 11. The highest BCUT2D eigenvalue weighted by Crippen LogP contribution is 2.33. The maximum atomic E-state index is 13.0. The lowest BCUT2D eigenvalue weighted by atomic mass is 10.1. The highest BCUT2D eigenvalue weighted by atomic mass is 19.1. The van der Waals surface area contributed by atoms with Crippen LogP contribution in [0.25, 0.3) is 42.9 Å². The molecule has 1 atom stereocenters. The van der Waals surface area contributed by atoms with Crippen molar-refractivity contribution in [2.75, 3.05) is 6.61 Å². The van der Waals surface area contributed by atoms with Gasteiger partial charge in [-0.3, -0.25) is 0 Å². The lowest BCUT2D eigenvalue weighted by Gasteiger charge is -2.09. The molecule has 0 unspecified atom stereocenters. The minimum Gasteiger partial charge on any atom is -0.457 e. The van der Waals surface area contributed by atoms with Gasteiger partial charge in [0.2, 0.25) is 0 Å². The minimum absolute atomic E-state index is 0.285. The quantitative estimate of drug-likeness (QED) is 0.101. The number of nitrogens with zero attached hydrogens (tertiary/aromatic N) is 4. The van der Waals surface area contributed by atoms with Gasteiger partial charge < -0.3 is 28.8 Å². The fourth-order valence-electron chi connectivity index (χ4n) is 6.56. The molecule has 0 aliphatic rings. The topological polar surface area (TPSA) is 77.5 Å². The molecule has 2 aromatic heterocycles. The zero-order valence-corrected chi connectivity index (χ0v) is 31.1. The number of allylic oxidation sites excluding steroid dienone is 1. The summed E-state index contributed by atoms with van der Waals surface area (Å²) in [5.74, 6) is 1.81. The van der Waals surface area contributed by atoms with E-state index in [4.69, 9.17) is 22.6 Å². The Morgan fingerprint density at radius 3 is 1.40 bits per heavy atom. The van der Waals surface area contributed by atoms with Crippen molar-refractivity contribution in [1.82, 2.24) is 9.13 Å². The maximum Gasteiger partial charge on any atom is 0.187 e. The van der Waals surface area contributed by atoms with Crippen molar-refractivity contribution < 1.29 is 28.5 Å². The first-order chi connectivity index (χ1) is 28.2. The van der Waals surface area contributed by atoms with Crippen LogP contribution in [0.5, 0.6) is 23.0 Å². The lowest BCUT2D eigenvalue weighted by molar-refractivity contribution is 0.0957. The molecule has 0 saturated carbocycles. The van der Waals surface area contributed by atoms with Crippen LogP contribution in [0.3, 0.4) is 0 Å². The molecule has 0 aliphatic heterocycles. The Hall–Kier alpha value is -7.50. The number of benzene rings is 6. The van der Waals surface area contributed by atoms with E-state index >= 15 is 0 Å². The average molecular weight is 771 g/mol. The van der Waals surface area contributed by atoms with Gasteiger partial charge in [-0.25, -0.2) is 18.5 Å². The second-order valence-electron chi connectivity index (χ2n) is 13.3. The van der Waals surface area contributed by atoms with Gasteiger partial charge in [0.25, 0.3) is 0 Å². The Morgan fingerprint density at radius 1 is 0.603 bits per heavy atom. The molecule has 58 heavy (non-hydrogen) atoms. The van der Waals surface area contributed by atoms with Crippen LogP contribution < -0.4 is 9.47 Å². The van der Waals surface area contributed by atoms with E-state index in [2.05, 4.69) is 27.0 Å². The average Bonchev–Trinajstić information content (AvgIpc) is 3.80. The van der Waals surface area contributed by atoms with Gasteiger partial charge in [-0.2, -0.15) is 0 Å². The number of hydrogen-bond donors (Lipinski definition) is 2. The number of hydrogen-bond acceptors (Lipinski definition) is 4. The molecule has 0 fully saturated rings. The van der Waals surface area contributed by atoms with Crippen molar-refractivity contribution in [1.29, 1.82) is 0 Å². The SMILES string of the molecule is [C-]#[N+]c1ccc2c(c1)c(CC=C)cn2-c1ccc(Oc2ccc(F)cc2)cc1.[C-]#[N+]c1ccc2c(c1)c(C[C@H](O)CO)cn2-c1ccc(Oc2ccc(F)cc2)cc1. The normalized spacial score (nSPS) is 11.3. The molecule has 2 N–H and O–H groups in total. The molecule has 2 heterocycles. The molecule has 0 spiro atoms. The Morgan fingerprint density at radius 2 is 1.00 bits per heavy atom. The highest BCUT2D eigenvalue weighted by molar-refractivity contribution is 5.90. The molecule has 0 saturated heterocycles. The molecule has 0 aliphatic carbocycles. The summed E-state index contributed by atoms with van der Waals surface area (Å²) in [7, 11) is 0. The maximum absolute atomic E-state index is 13.0. The van der Waals surface area contributed by atoms with Crippen LogP contribution in [0.15, 0.2) is 159 Å². The van der Waals surface area contributed by atoms with Crippen LogP contribution in [-0.4, -0.2) is 32.1 Å². The summed E-state index contributed by atoms with van der Waals surface area (Å²) in [4.78, 5) is 7.02. The molecule has 8 nitrogen and oxygen atoms in total. The van der Waals surface area contributed by atoms with E-state index in [0.717, 1.165) is 50.7 Å². The Labute approximate surface area is 334 Å². The summed E-state index contributed by atoms with van der Waals surface area (Å²) in [6.07, 6.45) is 6.00. The largest absolute Gasteiger partial charge is 0.457 e. The third-order valence-corrected chi connectivity index (χ3v) is 9.36. The fraction of sp³-hybridized carbons (Fsp3) is 0.0833. The summed E-state index contributed by atoms with van der Waals surface area (Å²) in [6.45, 7) is 18.0. The molecule has 0 amide bonds. The van der Waals surface area contributed by atoms with Gasteiger partial charge in [0, 0.05) is 30.2 Å². The fourth-order valence-corrected chi connectivity index (χ4v) is 6.56. The van der Waals surface area contributed by atoms with Gasteiger partial charge in [-0.1, -0.05) is 18.2 Å². The van der Waals surface area contributed by atoms with Crippen molar-refractivity contribution in [3.8, 4) is 34.4 Å². The second kappa shape index (κ2) is 17.5. The first-order valence-electron chi connectivity index (χ1n) is 18.3. The highest BCUT2D eigenvalue weighted by Gasteiger charge is 2.15. The molecule has 0 bridgehead atoms. The van der Waals surface area contributed by atoms with E-state index in [9.17, 15) is 19.0 Å². The van der Waals surface area contributed by atoms with Crippen LogP contribution in [0.2, 0.25) is 0 Å². The Bertz CT molecular complexity index is 2780. The predicted octanol–water partition coefficient (Wildman–Crippen LogP) is 11.8. The number of aliphatic hydroxyl groups is 2. The van der Waals surface area contributed by atoms with Crippen LogP contribution >= 0.6 is 0 Å². The third kappa shape index (κ3) is 8.80. The molecule has 6 aromatic carbocycles. The molecule has 0 radical (unpaired) electrons. The third-order valence-electron chi connectivity index (χ3n) is 9.36. The standard InChI is InChI=1S/C24H19FN2O3.C24H17FN2O/c1-26-18-4-11-24-23(13-18)16(12-20(29)15-28)14-27(24)19-5-9-22(10-6-19)30-21-7-2-17(25)3-8-21;1-3-4-17-16-27(24-14-7-19(26-2)15-23(17)24)20-8-12-22(13-9-20)28-21-10-5-18(25)6-11-21/h2-11,13-14,20,28-29H,12,15H2;3,5-16H,1,4H2/t20-;/m0./s1. The van der Waals surface area contributed by atoms with Crippen molar-refractivity contribution >= 4 is 33.2 Å². The van der Waals surface area contributed by atoms with Gasteiger partial charge in [0.05, 0.1) is 36.9 Å². The number of aromatic nitrogens is 2. The van der Waals surface area contributed by atoms with Crippen molar-refractivity contribution in [3.63, 3.8) is 0 Å². The molecule has 8 aromatic rings. The van der Waals surface area contributed by atoms with E-state index in [0.29, 0.717) is 34.4 Å². The summed E-state index contributed by atoms with van der Waals surface area (Å²) >= 11 is 0. The van der Waals surface area contributed by atoms with Gasteiger partial charge in [-0.15, -0.1) is 6.58 Å². The zero-order chi connectivity index (χ0) is 40.6. The smallest absolute Gasteiger partial charge is 0.187 e. The molecule has 8 rings (SSSR count). The Balaban J connectivity index is 0.000000177. The minimum atomic E-state index is -0.868. The predicted molar refractivity (Wildman–Crippen MR) is 223 cm³/mol. The van der Waals surface area contributed by atoms with Gasteiger partial charge >= 0.3 is 0 Å². The first kappa shape index (κ1) is 38.8. The summed E-state index contributed by atoms with van der Waals surface area (Å²) in [5.41, 5.74) is 6.92. The lowest BCUT2D eigenvalue weighted by Crippen LogP contribution is -2.14. The van der Waals surface area contributed by atoms with E-state index < -0.39 is 6.10 Å². The summed E-state index contributed by atoms with van der Waals surface area (Å²) < 4.78 is 41.6. The van der Waals surface area contributed by atoms with Crippen molar-refractivity contribution in [3.05, 3.63) is 204 Å². The molecule has 10 heteroatoms. The molecular weight excluding hydrogens is 735 g/mol. The molecule has 286 valence electrons. The monoisotopic (exact) mass is 770 g/mol. The van der Waals surface area contributed by atoms with Crippen LogP contribution in [0.1, 0.15) is 11.1 Å². The van der Waals surface area contributed by atoms with Crippen LogP contribution in [0.4, 0.5) is 20.2 Å². The summed E-state index contributed by atoms with van der Waals surface area (Å²) in [5, 5.41) is 21.0. The number of ether oxygens (including phenoxy) is 2. The number of aliphatic hydroxyl groups excluding tert-OH is 2. The molecular formula is C48H36F2N4O4. The van der Waals surface area contributed by atoms with Gasteiger partial charge in [-0.05, 0) is 150 Å². The number of halogens is 2. The van der Waals surface area contributed by atoms with Crippen molar-refractivity contribution in [2.24, 2.45) is 0 Å². The van der Waals surface area contributed by atoms with E-state index in [1.807, 2.05) is 89.6 Å². The Kier molecular flexibility index (Phi) is 11.7.